The molecular formula is C20H23N5OS. The van der Waals surface area contributed by atoms with Gasteiger partial charge in [0.05, 0.1) is 23.4 Å². The molecular weight excluding hydrogens is 358 g/mol. The molecule has 0 bridgehead atoms. The highest BCUT2D eigenvalue weighted by Gasteiger charge is 2.21. The fourth-order valence-electron chi connectivity index (χ4n) is 3.31. The van der Waals surface area contributed by atoms with Crippen molar-refractivity contribution >= 4 is 44.7 Å². The van der Waals surface area contributed by atoms with Crippen LogP contribution in [0.15, 0.2) is 35.7 Å². The van der Waals surface area contributed by atoms with Crippen LogP contribution in [-0.4, -0.2) is 42.8 Å². The van der Waals surface area contributed by atoms with Crippen molar-refractivity contribution in [2.75, 3.05) is 48.4 Å². The Kier molecular flexibility index (Phi) is 4.55. The predicted molar refractivity (Wildman–Crippen MR) is 111 cm³/mol. The molecule has 3 heterocycles. The second-order valence-electron chi connectivity index (χ2n) is 7.13. The highest BCUT2D eigenvalue weighted by Crippen LogP contribution is 2.32. The first kappa shape index (κ1) is 16.8. The molecule has 0 unspecified atom stereocenters. The van der Waals surface area contributed by atoms with Gasteiger partial charge in [0.25, 0.3) is 0 Å². The summed E-state index contributed by atoms with van der Waals surface area (Å²) in [5.41, 5.74) is 3.21. The van der Waals surface area contributed by atoms with Gasteiger partial charge < -0.3 is 20.3 Å². The van der Waals surface area contributed by atoms with Crippen LogP contribution in [0.25, 0.3) is 10.2 Å². The Morgan fingerprint density at radius 2 is 1.89 bits per heavy atom. The zero-order valence-electron chi connectivity index (χ0n) is 15.1. The van der Waals surface area contributed by atoms with Crippen LogP contribution in [0.4, 0.5) is 23.1 Å². The van der Waals surface area contributed by atoms with Crippen molar-refractivity contribution in [3.8, 4) is 0 Å². The van der Waals surface area contributed by atoms with Crippen molar-refractivity contribution in [2.24, 2.45) is 5.92 Å². The molecule has 1 saturated carbocycles. The summed E-state index contributed by atoms with van der Waals surface area (Å²) in [6.45, 7) is 4.48. The third-order valence-corrected chi connectivity index (χ3v) is 5.97. The quantitative estimate of drug-likeness (QED) is 0.670. The average Bonchev–Trinajstić information content (AvgIpc) is 3.42. The second-order valence-corrected chi connectivity index (χ2v) is 8.04. The molecule has 1 aromatic carbocycles. The van der Waals surface area contributed by atoms with Crippen molar-refractivity contribution < 1.29 is 4.74 Å². The fourth-order valence-corrected chi connectivity index (χ4v) is 4.11. The summed E-state index contributed by atoms with van der Waals surface area (Å²) >= 11 is 1.69. The molecule has 2 aromatic heterocycles. The van der Waals surface area contributed by atoms with Crippen LogP contribution in [0.2, 0.25) is 0 Å². The van der Waals surface area contributed by atoms with Crippen LogP contribution >= 0.6 is 11.3 Å². The second kappa shape index (κ2) is 7.32. The molecule has 1 aliphatic carbocycles. The monoisotopic (exact) mass is 381 g/mol. The van der Waals surface area contributed by atoms with Gasteiger partial charge in [0.2, 0.25) is 5.95 Å². The summed E-state index contributed by atoms with van der Waals surface area (Å²) in [5.74, 6) is 2.38. The lowest BCUT2D eigenvalue weighted by atomic mass is 10.2. The number of aromatic nitrogens is 2. The van der Waals surface area contributed by atoms with E-state index in [1.807, 2.05) is 0 Å². The molecule has 6 nitrogen and oxygen atoms in total. The number of thiophene rings is 1. The lowest BCUT2D eigenvalue weighted by Crippen LogP contribution is -2.36. The Hall–Kier alpha value is -2.38. The number of ether oxygens (including phenoxy) is 1. The highest BCUT2D eigenvalue weighted by molar-refractivity contribution is 7.17. The van der Waals surface area contributed by atoms with E-state index in [1.54, 1.807) is 11.3 Å². The molecule has 2 N–H and O–H groups in total. The molecule has 0 amide bonds. The largest absolute Gasteiger partial charge is 0.378 e. The Morgan fingerprint density at radius 1 is 1.07 bits per heavy atom. The predicted octanol–water partition coefficient (Wildman–Crippen LogP) is 4.09. The minimum atomic E-state index is 0.637. The van der Waals surface area contributed by atoms with Gasteiger partial charge in [-0.25, -0.2) is 4.98 Å². The molecule has 0 atom stereocenters. The zero-order chi connectivity index (χ0) is 18.1. The van der Waals surface area contributed by atoms with Crippen molar-refractivity contribution in [1.29, 1.82) is 0 Å². The lowest BCUT2D eigenvalue weighted by Gasteiger charge is -2.28. The number of nitrogens with one attached hydrogen (secondary N) is 2. The Morgan fingerprint density at radius 3 is 2.67 bits per heavy atom. The maximum Gasteiger partial charge on any atom is 0.229 e. The first-order valence-corrected chi connectivity index (χ1v) is 10.4. The minimum absolute atomic E-state index is 0.637. The van der Waals surface area contributed by atoms with Crippen molar-refractivity contribution in [3.63, 3.8) is 0 Å². The number of hydrogen-bond acceptors (Lipinski definition) is 7. The van der Waals surface area contributed by atoms with Gasteiger partial charge >= 0.3 is 0 Å². The third kappa shape index (κ3) is 3.84. The molecule has 2 fully saturated rings. The van der Waals surface area contributed by atoms with Crippen LogP contribution in [-0.2, 0) is 4.74 Å². The molecule has 3 aromatic rings. The smallest absolute Gasteiger partial charge is 0.229 e. The molecule has 2 aliphatic rings. The molecule has 0 spiro atoms. The standard InChI is InChI=1S/C20H23N5OS/c1-2-14(1)13-21-19-18-17(7-12-27-18)23-20(24-19)22-15-3-5-16(6-4-15)25-8-10-26-11-9-25/h3-7,12,14H,1-2,8-11,13H2,(H2,21,22,23,24). The molecule has 0 radical (unpaired) electrons. The van der Waals surface area contributed by atoms with Gasteiger partial charge in [-0.3, -0.25) is 0 Å². The molecule has 5 rings (SSSR count). The van der Waals surface area contributed by atoms with E-state index in [0.29, 0.717) is 5.95 Å². The number of anilines is 4. The van der Waals surface area contributed by atoms with E-state index in [1.165, 1.54) is 18.5 Å². The number of nitrogens with zero attached hydrogens (tertiary/aromatic N) is 3. The number of hydrogen-bond donors (Lipinski definition) is 2. The first-order chi connectivity index (χ1) is 13.3. The Balaban J connectivity index is 1.34. The molecule has 27 heavy (non-hydrogen) atoms. The lowest BCUT2D eigenvalue weighted by molar-refractivity contribution is 0.122. The van der Waals surface area contributed by atoms with Crippen molar-refractivity contribution in [3.05, 3.63) is 35.7 Å². The van der Waals surface area contributed by atoms with Crippen LogP contribution in [0.5, 0.6) is 0 Å². The molecule has 7 heteroatoms. The van der Waals surface area contributed by atoms with Crippen molar-refractivity contribution in [2.45, 2.75) is 12.8 Å². The SMILES string of the molecule is c1cc2nc(Nc3ccc(N4CCOCC4)cc3)nc(NCC3CC3)c2s1. The minimum Gasteiger partial charge on any atom is -0.378 e. The summed E-state index contributed by atoms with van der Waals surface area (Å²) in [5, 5.41) is 8.95. The van der Waals surface area contributed by atoms with E-state index in [0.717, 1.165) is 60.5 Å². The van der Waals surface area contributed by atoms with E-state index in [-0.39, 0.29) is 0 Å². The fraction of sp³-hybridized carbons (Fsp3) is 0.400. The Labute approximate surface area is 162 Å². The van der Waals surface area contributed by atoms with Gasteiger partial charge in [-0.2, -0.15) is 4.98 Å². The van der Waals surface area contributed by atoms with Crippen LogP contribution in [0.3, 0.4) is 0 Å². The van der Waals surface area contributed by atoms with Gasteiger partial charge in [0.1, 0.15) is 5.82 Å². The summed E-state index contributed by atoms with van der Waals surface area (Å²) in [7, 11) is 0. The zero-order valence-corrected chi connectivity index (χ0v) is 16.0. The van der Waals surface area contributed by atoms with E-state index in [4.69, 9.17) is 9.72 Å². The molecule has 140 valence electrons. The summed E-state index contributed by atoms with van der Waals surface area (Å²) in [6, 6.07) is 10.5. The first-order valence-electron chi connectivity index (χ1n) is 9.54. The number of morpholine rings is 1. The number of rotatable bonds is 6. The van der Waals surface area contributed by atoms with Crippen molar-refractivity contribution in [1.82, 2.24) is 9.97 Å². The number of fused-ring (bicyclic) bond motifs is 1. The maximum absolute atomic E-state index is 5.43. The number of benzene rings is 1. The summed E-state index contributed by atoms with van der Waals surface area (Å²) in [4.78, 5) is 11.7. The van der Waals surface area contributed by atoms with Gasteiger partial charge in [-0.05, 0) is 54.5 Å². The van der Waals surface area contributed by atoms with E-state index >= 15 is 0 Å². The van der Waals surface area contributed by atoms with Gasteiger partial charge in [-0.1, -0.05) is 0 Å². The van der Waals surface area contributed by atoms with E-state index < -0.39 is 0 Å². The van der Waals surface area contributed by atoms with Crippen LogP contribution in [0, 0.1) is 5.92 Å². The topological polar surface area (TPSA) is 62.3 Å². The van der Waals surface area contributed by atoms with E-state index in [2.05, 4.69) is 56.2 Å². The summed E-state index contributed by atoms with van der Waals surface area (Å²) in [6.07, 6.45) is 2.65. The van der Waals surface area contributed by atoms with Gasteiger partial charge in [0, 0.05) is 31.0 Å². The Bertz CT molecular complexity index is 916. The normalized spacial score (nSPS) is 17.3. The molecule has 1 aliphatic heterocycles. The van der Waals surface area contributed by atoms with E-state index in [9.17, 15) is 0 Å². The van der Waals surface area contributed by atoms with Crippen LogP contribution < -0.4 is 15.5 Å². The maximum atomic E-state index is 5.43. The van der Waals surface area contributed by atoms with Gasteiger partial charge in [0.15, 0.2) is 0 Å². The van der Waals surface area contributed by atoms with Gasteiger partial charge in [-0.15, -0.1) is 11.3 Å². The average molecular weight is 382 g/mol. The van der Waals surface area contributed by atoms with Crippen LogP contribution in [0.1, 0.15) is 12.8 Å². The summed E-state index contributed by atoms with van der Waals surface area (Å²) < 4.78 is 6.55. The molecule has 1 saturated heterocycles. The highest BCUT2D eigenvalue weighted by atomic mass is 32.1. The third-order valence-electron chi connectivity index (χ3n) is 5.06.